The molecule has 132 valence electrons. The van der Waals surface area contributed by atoms with Crippen molar-refractivity contribution in [2.45, 2.75) is 24.7 Å². The van der Waals surface area contributed by atoms with E-state index in [1.165, 1.54) is 14.2 Å². The first-order valence-electron chi connectivity index (χ1n) is 7.03. The Morgan fingerprint density at radius 3 is 2.17 bits per heavy atom. The molecule has 0 bridgehead atoms. The summed E-state index contributed by atoms with van der Waals surface area (Å²) in [6.45, 7) is 0.758. The van der Waals surface area contributed by atoms with Gasteiger partial charge in [0.25, 0.3) is 0 Å². The van der Waals surface area contributed by atoms with Gasteiger partial charge in [-0.3, -0.25) is 4.79 Å². The van der Waals surface area contributed by atoms with Gasteiger partial charge < -0.3 is 19.2 Å². The predicted octanol–water partition coefficient (Wildman–Crippen LogP) is 0.615. The molecule has 9 heteroatoms. The quantitative estimate of drug-likeness (QED) is 0.750. The summed E-state index contributed by atoms with van der Waals surface area (Å²) in [4.78, 5) is 14.9. The van der Waals surface area contributed by atoms with E-state index in [4.69, 9.17) is 19.3 Å². The standard InChI is InChI=1S/C15H20N2O6S/c1-21-6-9-4-10-14(12(8-23-3)11(9)7-22-2)17-5-13(15(10)18)24(16,19)20/h4-5H,6-8H2,1-3H3,(H,17,18)(H2,16,19,20). The molecular weight excluding hydrogens is 336 g/mol. The third-order valence-corrected chi connectivity index (χ3v) is 4.56. The van der Waals surface area contributed by atoms with Crippen LogP contribution in [0.15, 0.2) is 22.0 Å². The van der Waals surface area contributed by atoms with Gasteiger partial charge in [0.2, 0.25) is 15.5 Å². The van der Waals surface area contributed by atoms with Crippen LogP contribution in [-0.4, -0.2) is 34.7 Å². The third-order valence-electron chi connectivity index (χ3n) is 3.64. The second-order valence-corrected chi connectivity index (χ2v) is 6.77. The number of methoxy groups -OCH3 is 3. The number of aromatic nitrogens is 1. The van der Waals surface area contributed by atoms with Crippen LogP contribution in [-0.2, 0) is 44.1 Å². The van der Waals surface area contributed by atoms with Crippen molar-refractivity contribution in [1.82, 2.24) is 4.98 Å². The minimum atomic E-state index is -4.13. The van der Waals surface area contributed by atoms with Crippen LogP contribution in [0.3, 0.4) is 0 Å². The van der Waals surface area contributed by atoms with Crippen molar-refractivity contribution >= 4 is 20.9 Å². The lowest BCUT2D eigenvalue weighted by Crippen LogP contribution is -2.23. The van der Waals surface area contributed by atoms with Crippen molar-refractivity contribution in [2.75, 3.05) is 21.3 Å². The first-order chi connectivity index (χ1) is 11.3. The number of fused-ring (bicyclic) bond motifs is 1. The highest BCUT2D eigenvalue weighted by molar-refractivity contribution is 7.89. The predicted molar refractivity (Wildman–Crippen MR) is 88.1 cm³/mol. The molecule has 0 fully saturated rings. The Morgan fingerprint density at radius 2 is 1.62 bits per heavy atom. The highest BCUT2D eigenvalue weighted by atomic mass is 32.2. The summed E-state index contributed by atoms with van der Waals surface area (Å²) in [7, 11) is 0.493. The number of rotatable bonds is 7. The third kappa shape index (κ3) is 3.50. The Hall–Kier alpha value is -1.78. The van der Waals surface area contributed by atoms with Gasteiger partial charge in [-0.15, -0.1) is 0 Å². The number of hydrogen-bond acceptors (Lipinski definition) is 6. The number of benzene rings is 1. The lowest BCUT2D eigenvalue weighted by molar-refractivity contribution is 0.159. The van der Waals surface area contributed by atoms with Gasteiger partial charge in [-0.25, -0.2) is 13.6 Å². The fourth-order valence-corrected chi connectivity index (χ4v) is 3.24. The van der Waals surface area contributed by atoms with Crippen LogP contribution in [0.5, 0.6) is 0 Å². The van der Waals surface area contributed by atoms with E-state index in [0.717, 1.165) is 17.3 Å². The number of aromatic amines is 1. The van der Waals surface area contributed by atoms with E-state index in [1.807, 2.05) is 0 Å². The Balaban J connectivity index is 2.91. The maximum atomic E-state index is 12.6. The molecule has 8 nitrogen and oxygen atoms in total. The van der Waals surface area contributed by atoms with Crippen molar-refractivity contribution in [3.8, 4) is 0 Å². The van der Waals surface area contributed by atoms with Crippen LogP contribution >= 0.6 is 0 Å². The molecule has 0 aliphatic heterocycles. The van der Waals surface area contributed by atoms with Crippen LogP contribution in [0.2, 0.25) is 0 Å². The summed E-state index contributed by atoms with van der Waals surface area (Å²) in [5.74, 6) is 0. The van der Waals surface area contributed by atoms with Crippen LogP contribution in [0.1, 0.15) is 16.7 Å². The summed E-state index contributed by atoms with van der Waals surface area (Å²) >= 11 is 0. The number of ether oxygens (including phenoxy) is 3. The molecule has 0 aliphatic carbocycles. The number of pyridine rings is 1. The molecule has 0 aliphatic rings. The van der Waals surface area contributed by atoms with Gasteiger partial charge in [-0.1, -0.05) is 0 Å². The second kappa shape index (κ2) is 7.41. The van der Waals surface area contributed by atoms with E-state index in [1.54, 1.807) is 13.2 Å². The number of nitrogens with one attached hydrogen (secondary N) is 1. The summed E-state index contributed by atoms with van der Waals surface area (Å²) in [5, 5.41) is 5.31. The molecule has 0 unspecified atom stereocenters. The SMILES string of the molecule is COCc1cc2c(=O)c(S(N)(=O)=O)c[nH]c2c(COC)c1COC. The Morgan fingerprint density at radius 1 is 1.04 bits per heavy atom. The van der Waals surface area contributed by atoms with Gasteiger partial charge >= 0.3 is 0 Å². The molecule has 0 saturated heterocycles. The highest BCUT2D eigenvalue weighted by Gasteiger charge is 2.20. The van der Waals surface area contributed by atoms with Gasteiger partial charge in [0.1, 0.15) is 4.90 Å². The molecule has 2 aromatic rings. The van der Waals surface area contributed by atoms with Crippen molar-refractivity contribution in [3.63, 3.8) is 0 Å². The average molecular weight is 356 g/mol. The molecule has 24 heavy (non-hydrogen) atoms. The van der Waals surface area contributed by atoms with Crippen LogP contribution in [0.25, 0.3) is 10.9 Å². The molecule has 0 saturated carbocycles. The Bertz CT molecular complexity index is 904. The molecule has 0 atom stereocenters. The van der Waals surface area contributed by atoms with Gasteiger partial charge in [0.05, 0.1) is 25.3 Å². The maximum Gasteiger partial charge on any atom is 0.243 e. The normalized spacial score (nSPS) is 12.0. The first-order valence-corrected chi connectivity index (χ1v) is 8.58. The Kier molecular flexibility index (Phi) is 5.73. The fraction of sp³-hybridized carbons (Fsp3) is 0.400. The highest BCUT2D eigenvalue weighted by Crippen LogP contribution is 2.26. The largest absolute Gasteiger partial charge is 0.380 e. The molecule has 0 spiro atoms. The summed E-state index contributed by atoms with van der Waals surface area (Å²) in [6, 6.07) is 1.60. The lowest BCUT2D eigenvalue weighted by Gasteiger charge is -2.17. The average Bonchev–Trinajstić information content (AvgIpc) is 2.50. The molecule has 0 amide bonds. The van der Waals surface area contributed by atoms with Crippen LogP contribution in [0, 0.1) is 0 Å². The van der Waals surface area contributed by atoms with Crippen molar-refractivity contribution in [2.24, 2.45) is 5.14 Å². The van der Waals surface area contributed by atoms with Crippen molar-refractivity contribution < 1.29 is 22.6 Å². The fourth-order valence-electron chi connectivity index (χ4n) is 2.64. The van der Waals surface area contributed by atoms with E-state index >= 15 is 0 Å². The number of H-pyrrole nitrogens is 1. The minimum Gasteiger partial charge on any atom is -0.380 e. The van der Waals surface area contributed by atoms with Crippen molar-refractivity contribution in [3.05, 3.63) is 39.2 Å². The zero-order valence-corrected chi connectivity index (χ0v) is 14.5. The van der Waals surface area contributed by atoms with Gasteiger partial charge in [0, 0.05) is 38.5 Å². The molecule has 1 aromatic carbocycles. The number of nitrogens with two attached hydrogens (primary N) is 1. The molecule has 3 N–H and O–H groups in total. The molecular formula is C15H20N2O6S. The lowest BCUT2D eigenvalue weighted by atomic mass is 9.97. The molecule has 2 rings (SSSR count). The smallest absolute Gasteiger partial charge is 0.243 e. The first kappa shape index (κ1) is 18.6. The number of primary sulfonamides is 1. The topological polar surface area (TPSA) is 121 Å². The summed E-state index contributed by atoms with van der Waals surface area (Å²) in [5.41, 5.74) is 2.08. The van der Waals surface area contributed by atoms with E-state index in [9.17, 15) is 13.2 Å². The zero-order valence-electron chi connectivity index (χ0n) is 13.7. The molecule has 0 radical (unpaired) electrons. The minimum absolute atomic E-state index is 0.209. The van der Waals surface area contributed by atoms with Gasteiger partial charge in [-0.05, 0) is 17.2 Å². The van der Waals surface area contributed by atoms with E-state index < -0.39 is 20.3 Å². The van der Waals surface area contributed by atoms with Crippen LogP contribution in [0.4, 0.5) is 0 Å². The van der Waals surface area contributed by atoms with E-state index in [0.29, 0.717) is 17.7 Å². The van der Waals surface area contributed by atoms with E-state index in [-0.39, 0.29) is 18.6 Å². The van der Waals surface area contributed by atoms with Gasteiger partial charge in [0.15, 0.2) is 0 Å². The zero-order chi connectivity index (χ0) is 17.9. The molecule has 1 heterocycles. The van der Waals surface area contributed by atoms with Gasteiger partial charge in [-0.2, -0.15) is 0 Å². The van der Waals surface area contributed by atoms with Crippen molar-refractivity contribution in [1.29, 1.82) is 0 Å². The number of hydrogen-bond donors (Lipinski definition) is 2. The molecule has 1 aromatic heterocycles. The Labute approximate surface area is 139 Å². The maximum absolute atomic E-state index is 12.6. The monoisotopic (exact) mass is 356 g/mol. The number of sulfonamides is 1. The van der Waals surface area contributed by atoms with E-state index in [2.05, 4.69) is 4.98 Å². The second-order valence-electron chi connectivity index (χ2n) is 5.24. The summed E-state index contributed by atoms with van der Waals surface area (Å²) in [6.07, 6.45) is 1.10. The summed E-state index contributed by atoms with van der Waals surface area (Å²) < 4.78 is 38.8. The van der Waals surface area contributed by atoms with Crippen LogP contribution < -0.4 is 10.6 Å².